The van der Waals surface area contributed by atoms with Crippen molar-refractivity contribution in [2.45, 2.75) is 24.5 Å². The van der Waals surface area contributed by atoms with E-state index in [0.717, 1.165) is 36.4 Å². The summed E-state index contributed by atoms with van der Waals surface area (Å²) in [5, 5.41) is 20.6. The van der Waals surface area contributed by atoms with E-state index in [1.54, 1.807) is 0 Å². The van der Waals surface area contributed by atoms with Gasteiger partial charge in [-0.25, -0.2) is 46.3 Å². The number of nitrogens with one attached hydrogen (secondary N) is 2. The van der Waals surface area contributed by atoms with Crippen molar-refractivity contribution in [3.05, 3.63) is 78.1 Å². The van der Waals surface area contributed by atoms with Crippen molar-refractivity contribution in [2.75, 3.05) is 23.0 Å². The summed E-state index contributed by atoms with van der Waals surface area (Å²) < 4.78 is 207. The summed E-state index contributed by atoms with van der Waals surface area (Å²) in [5.41, 5.74) is -2.87. The fraction of sp³-hybridized carbons (Fsp3) is 0.0645. The summed E-state index contributed by atoms with van der Waals surface area (Å²) in [6.45, 7) is -0.938. The van der Waals surface area contributed by atoms with E-state index in [9.17, 15) is 73.8 Å². The van der Waals surface area contributed by atoms with Gasteiger partial charge < -0.3 is 34.0 Å². The van der Waals surface area contributed by atoms with Gasteiger partial charge in [0.05, 0.1) is 42.5 Å². The van der Waals surface area contributed by atoms with Crippen LogP contribution in [-0.4, -0.2) is 106 Å². The monoisotopic (exact) mass is 1140 g/mol. The minimum absolute atomic E-state index is 0. The van der Waals surface area contributed by atoms with Gasteiger partial charge >= 0.3 is 158 Å². The van der Waals surface area contributed by atoms with Crippen LogP contribution < -0.4 is 158 Å². The molecule has 26 nitrogen and oxygen atoms in total. The molecule has 5 aromatic carbocycles. The summed E-state index contributed by atoms with van der Waals surface area (Å²) in [6.07, 6.45) is 0. The van der Waals surface area contributed by atoms with Crippen molar-refractivity contribution in [2.24, 2.45) is 10.2 Å². The van der Waals surface area contributed by atoms with E-state index in [2.05, 4.69) is 40.0 Å². The van der Waals surface area contributed by atoms with Crippen molar-refractivity contribution >= 4 is 129 Å². The van der Waals surface area contributed by atoms with Crippen LogP contribution in [0, 0.1) is 0 Å². The van der Waals surface area contributed by atoms with Crippen molar-refractivity contribution < 1.29 is 230 Å². The number of azo groups is 1. The van der Waals surface area contributed by atoms with Gasteiger partial charge in [-0.05, 0) is 65.5 Å². The Balaban J connectivity index is 0.00000476. The molecule has 0 spiro atoms. The van der Waals surface area contributed by atoms with Crippen molar-refractivity contribution in [3.63, 3.8) is 0 Å². The van der Waals surface area contributed by atoms with Gasteiger partial charge in [0.1, 0.15) is 51.8 Å². The predicted molar refractivity (Wildman–Crippen MR) is 213 cm³/mol. The molecule has 0 aliphatic heterocycles. The quantitative estimate of drug-likeness (QED) is 0.0421. The second-order valence-electron chi connectivity index (χ2n) is 12.5. The van der Waals surface area contributed by atoms with Gasteiger partial charge in [0.2, 0.25) is 17.2 Å². The first-order valence-corrected chi connectivity index (χ1v) is 25.5. The topological polar surface area (TPSA) is 434 Å². The van der Waals surface area contributed by atoms with Crippen molar-refractivity contribution in [1.29, 1.82) is 0 Å². The zero-order valence-corrected chi connectivity index (χ0v) is 51.4. The maximum atomic E-state index is 12.8. The van der Waals surface area contributed by atoms with Gasteiger partial charge in [-0.2, -0.15) is 23.4 Å². The van der Waals surface area contributed by atoms with Gasteiger partial charge in [0.15, 0.2) is 15.6 Å². The minimum atomic E-state index is -5.76. The molecule has 69 heavy (non-hydrogen) atoms. The Kier molecular flexibility index (Phi) is 24.3. The summed E-state index contributed by atoms with van der Waals surface area (Å²) in [7, 11) is -31.3. The van der Waals surface area contributed by atoms with Gasteiger partial charge in [0, 0.05) is 21.8 Å². The standard InChI is InChI=1S/C31H24ClN7O19S6.5Na/c32-29-35-30(33-16-3-1-4-17(13-16)59(41,42)10-9-58-64(55,56)57)37-31(36-29)34-22-14-18(60(43,44)45)11-15-12-24(62(49,50)51)26(27(40)25(15)22)39-38-21-8-7-19-20(28(21)63(52,53)54)5-2-6-23(19)61(46,47)48;;;;;/h1-8,11-14,40H,9-10H2,(H,43,44,45)(H,46,47,48)(H,49,50,51)(H,52,53,54)(H,55,56,57)(H2,33,34,35,36,37);;;;;/q;5*+1/p-4. The van der Waals surface area contributed by atoms with E-state index in [-0.39, 0.29) is 158 Å². The molecule has 4 N–H and O–H groups in total. The molecule has 1 heterocycles. The van der Waals surface area contributed by atoms with E-state index in [1.807, 2.05) is 0 Å². The maximum absolute atomic E-state index is 12.8. The Labute approximate surface area is 507 Å². The number of fused-ring (bicyclic) bond motifs is 2. The molecule has 340 valence electrons. The molecule has 1 aromatic heterocycles. The van der Waals surface area contributed by atoms with E-state index in [0.29, 0.717) is 24.3 Å². The molecule has 0 radical (unpaired) electrons. The molecule has 0 saturated heterocycles. The van der Waals surface area contributed by atoms with Crippen LogP contribution in [0.15, 0.2) is 108 Å². The van der Waals surface area contributed by atoms with Crippen LogP contribution in [0.4, 0.5) is 34.6 Å². The molecular formula is C31H20ClN7Na5O19S6+. The molecule has 0 saturated carbocycles. The molecule has 6 aromatic rings. The number of halogens is 1. The molecule has 0 fully saturated rings. The van der Waals surface area contributed by atoms with Crippen LogP contribution in [0.5, 0.6) is 5.75 Å². The number of aromatic nitrogens is 3. The van der Waals surface area contributed by atoms with Gasteiger partial charge in [-0.1, -0.05) is 24.3 Å². The Morgan fingerprint density at radius 3 is 1.78 bits per heavy atom. The van der Waals surface area contributed by atoms with Crippen LogP contribution in [0.2, 0.25) is 5.28 Å². The summed E-state index contributed by atoms with van der Waals surface area (Å²) >= 11 is 6.09. The van der Waals surface area contributed by atoms with Crippen LogP contribution in [0.1, 0.15) is 0 Å². The second kappa shape index (κ2) is 25.3. The Hall–Kier alpha value is -0.620. The van der Waals surface area contributed by atoms with E-state index in [1.165, 1.54) is 12.1 Å². The molecule has 0 aliphatic rings. The van der Waals surface area contributed by atoms with Crippen LogP contribution in [0.25, 0.3) is 21.5 Å². The molecule has 0 amide bonds. The van der Waals surface area contributed by atoms with Gasteiger partial charge in [-0.3, -0.25) is 4.55 Å². The fourth-order valence-electron chi connectivity index (χ4n) is 5.79. The molecule has 0 aliphatic carbocycles. The third-order valence-corrected chi connectivity index (χ3v) is 14.1. The zero-order valence-electron chi connectivity index (χ0n) is 35.7. The summed E-state index contributed by atoms with van der Waals surface area (Å²) in [4.78, 5) is 6.56. The first-order chi connectivity index (χ1) is 29.4. The fourth-order valence-corrected chi connectivity index (χ4v) is 10.2. The number of rotatable bonds is 15. The molecule has 38 heteroatoms. The SMILES string of the molecule is O=S(=O)(O)OCCS(=O)(=O)c1cccc(Nc2nc(Cl)nc(Nc3cc(S(=O)(=O)[O-])cc4cc(S(=O)(=O)[O-])c(N=Nc5ccc6c(S(=O)(=O)[O-])cccc6c5S(=O)(=O)[O-])c(O)c34)n2)c1.[Na+].[Na+].[Na+].[Na+].[Na+]. The number of nitrogens with zero attached hydrogens (tertiary/aromatic N) is 5. The van der Waals surface area contributed by atoms with Crippen molar-refractivity contribution in [3.8, 4) is 5.75 Å². The number of phenolic OH excluding ortho intramolecular Hbond substituents is 1. The van der Waals surface area contributed by atoms with Gasteiger partial charge in [0.25, 0.3) is 0 Å². The van der Waals surface area contributed by atoms with E-state index < -0.39 is 154 Å². The maximum Gasteiger partial charge on any atom is 1.00 e. The summed E-state index contributed by atoms with van der Waals surface area (Å²) in [5.74, 6) is -3.29. The second-order valence-corrected chi connectivity index (χ2v) is 21.5. The third kappa shape index (κ3) is 16.7. The van der Waals surface area contributed by atoms with Gasteiger partial charge in [-0.15, -0.1) is 10.2 Å². The number of aromatic hydroxyl groups is 1. The van der Waals surface area contributed by atoms with Crippen molar-refractivity contribution in [1.82, 2.24) is 15.0 Å². The van der Waals surface area contributed by atoms with E-state index >= 15 is 0 Å². The largest absolute Gasteiger partial charge is 1.00 e. The Morgan fingerprint density at radius 2 is 1.22 bits per heavy atom. The molecule has 0 bridgehead atoms. The third-order valence-electron chi connectivity index (χ3n) is 8.30. The molecule has 0 atom stereocenters. The Bertz CT molecular complexity index is 3700. The average molecular weight is 1140 g/mol. The first-order valence-electron chi connectivity index (χ1n) is 16.5. The summed E-state index contributed by atoms with van der Waals surface area (Å²) in [6, 6.07) is 10.5. The molecule has 0 unspecified atom stereocenters. The normalized spacial score (nSPS) is 12.2. The predicted octanol–water partition coefficient (Wildman–Crippen LogP) is -12.3. The van der Waals surface area contributed by atoms with Crippen LogP contribution in [-0.2, 0) is 64.9 Å². The number of phenols is 1. The Morgan fingerprint density at radius 1 is 0.623 bits per heavy atom. The molecule has 6 rings (SSSR count). The smallest absolute Gasteiger partial charge is 0.744 e. The number of hydrogen-bond donors (Lipinski definition) is 4. The average Bonchev–Trinajstić information content (AvgIpc) is 3.14. The first kappa shape index (κ1) is 66.4. The number of sulfone groups is 1. The number of hydrogen-bond acceptors (Lipinski definition) is 25. The minimum Gasteiger partial charge on any atom is -0.744 e. The number of anilines is 4. The number of benzene rings is 5. The van der Waals surface area contributed by atoms with E-state index in [4.69, 9.17) is 16.2 Å². The van der Waals surface area contributed by atoms with Crippen LogP contribution >= 0.6 is 11.6 Å². The zero-order chi connectivity index (χ0) is 47.4. The van der Waals surface area contributed by atoms with Crippen LogP contribution in [0.3, 0.4) is 0 Å². The molecular weight excluding hydrogens is 1120 g/mol.